The summed E-state index contributed by atoms with van der Waals surface area (Å²) in [6, 6.07) is 19.1. The molecule has 4 aromatic carbocycles. The molecule has 18 nitrogen and oxygen atoms in total. The number of alkyl halides is 6. The number of nitrogens with zero attached hydrogens (tertiary/aromatic N) is 2. The molecule has 4 aliphatic rings. The summed E-state index contributed by atoms with van der Waals surface area (Å²) in [6.07, 6.45) is -10.8. The molecule has 408 valence electrons. The van der Waals surface area contributed by atoms with Crippen molar-refractivity contribution >= 4 is 51.5 Å². The van der Waals surface area contributed by atoms with E-state index in [9.17, 15) is 80.1 Å². The smallest absolute Gasteiger partial charge is 0.381 e. The number of nitrogens with two attached hydrogens (primary N) is 2. The van der Waals surface area contributed by atoms with E-state index in [1.807, 2.05) is 12.1 Å². The van der Waals surface area contributed by atoms with Gasteiger partial charge in [0.15, 0.2) is 19.7 Å². The maximum atomic E-state index is 14.1. The number of ether oxygens (including phenoxy) is 2. The highest BCUT2D eigenvalue weighted by molar-refractivity contribution is 7.92. The molecule has 6 N–H and O–H groups in total. The Bertz CT molecular complexity index is 3260. The van der Waals surface area contributed by atoms with E-state index in [4.69, 9.17) is 19.8 Å². The van der Waals surface area contributed by atoms with Crippen molar-refractivity contribution in [2.24, 2.45) is 22.1 Å². The van der Waals surface area contributed by atoms with E-state index in [1.54, 1.807) is 0 Å². The summed E-state index contributed by atoms with van der Waals surface area (Å²) in [4.78, 5) is 23.3. The summed E-state index contributed by atoms with van der Waals surface area (Å²) in [5, 5.41) is 31.1. The Kier molecular flexibility index (Phi) is 15.8. The molecule has 0 saturated heterocycles. The Balaban J connectivity index is 0.000000221. The quantitative estimate of drug-likeness (QED) is 0.113. The van der Waals surface area contributed by atoms with Crippen LogP contribution in [-0.4, -0.2) is 93.5 Å². The fraction of sp³-hybridized carbons (Fsp3) is 0.417. The number of sulfonamides is 2. The van der Waals surface area contributed by atoms with E-state index in [-0.39, 0.29) is 57.7 Å². The van der Waals surface area contributed by atoms with Gasteiger partial charge in [0.05, 0.1) is 77.4 Å². The van der Waals surface area contributed by atoms with Gasteiger partial charge in [-0.3, -0.25) is 9.59 Å². The first-order valence-corrected chi connectivity index (χ1v) is 29.1. The minimum Gasteiger partial charge on any atom is -0.381 e. The molecule has 0 spiro atoms. The fourth-order valence-electron chi connectivity index (χ4n) is 9.32. The van der Waals surface area contributed by atoms with Crippen molar-refractivity contribution in [1.82, 2.24) is 10.6 Å². The fourth-order valence-corrected chi connectivity index (χ4v) is 14.4. The van der Waals surface area contributed by atoms with E-state index in [0.29, 0.717) is 37.8 Å². The third kappa shape index (κ3) is 12.2. The van der Waals surface area contributed by atoms with Gasteiger partial charge in [-0.2, -0.15) is 36.9 Å². The number of amides is 2. The summed E-state index contributed by atoms with van der Waals surface area (Å²) in [5.41, 5.74) is -4.27. The lowest BCUT2D eigenvalue weighted by Gasteiger charge is -2.19. The summed E-state index contributed by atoms with van der Waals surface area (Å²) >= 11 is 0. The van der Waals surface area contributed by atoms with E-state index in [0.717, 1.165) is 36.4 Å². The number of carbonyl (C=O) groups excluding carboxylic acids is 2. The highest BCUT2D eigenvalue weighted by Gasteiger charge is 2.53. The van der Waals surface area contributed by atoms with Crippen LogP contribution < -0.4 is 20.9 Å². The molecular formula is C48H48F6N6O12S4. The van der Waals surface area contributed by atoms with Gasteiger partial charge in [-0.25, -0.2) is 43.9 Å². The number of methoxy groups -OCH3 is 2. The molecule has 4 aromatic rings. The van der Waals surface area contributed by atoms with Gasteiger partial charge in [0.2, 0.25) is 31.9 Å². The van der Waals surface area contributed by atoms with Crippen LogP contribution in [0.25, 0.3) is 22.3 Å². The Hall–Kier alpha value is -5.98. The summed E-state index contributed by atoms with van der Waals surface area (Å²) < 4.78 is 195. The number of sulfone groups is 2. The van der Waals surface area contributed by atoms with Crippen LogP contribution in [0.1, 0.15) is 62.5 Å². The second-order valence-electron chi connectivity index (χ2n) is 19.0. The molecule has 0 heterocycles. The molecule has 4 aliphatic carbocycles. The molecule has 0 aliphatic heterocycles. The maximum absolute atomic E-state index is 14.1. The van der Waals surface area contributed by atoms with Gasteiger partial charge >= 0.3 is 12.4 Å². The van der Waals surface area contributed by atoms with Gasteiger partial charge in [-0.1, -0.05) is 36.4 Å². The predicted octanol–water partition coefficient (Wildman–Crippen LogP) is 5.52. The zero-order chi connectivity index (χ0) is 56.2. The molecule has 76 heavy (non-hydrogen) atoms. The Morgan fingerprint density at radius 1 is 0.539 bits per heavy atom. The Morgan fingerprint density at radius 2 is 0.842 bits per heavy atom. The first-order valence-electron chi connectivity index (χ1n) is 22.9. The number of nitriles is 2. The topological polar surface area (TPSA) is 313 Å². The molecule has 0 aromatic heterocycles. The van der Waals surface area contributed by atoms with Crippen molar-refractivity contribution in [3.63, 3.8) is 0 Å². The largest absolute Gasteiger partial charge is 0.417 e. The molecule has 8 rings (SSSR count). The van der Waals surface area contributed by atoms with E-state index >= 15 is 0 Å². The molecular weight excluding hydrogens is 1090 g/mol. The maximum Gasteiger partial charge on any atom is 0.417 e. The van der Waals surface area contributed by atoms with Gasteiger partial charge in [0.1, 0.15) is 11.1 Å². The van der Waals surface area contributed by atoms with Crippen LogP contribution in [0.5, 0.6) is 0 Å². The summed E-state index contributed by atoms with van der Waals surface area (Å²) in [6.45, 7) is 0. The van der Waals surface area contributed by atoms with Crippen molar-refractivity contribution < 1.29 is 79.1 Å². The Labute approximate surface area is 433 Å². The lowest BCUT2D eigenvalue weighted by molar-refractivity contribution is -0.140. The number of halogens is 6. The highest BCUT2D eigenvalue weighted by atomic mass is 32.2. The third-order valence-corrected chi connectivity index (χ3v) is 20.3. The van der Waals surface area contributed by atoms with Crippen molar-refractivity contribution in [3.8, 4) is 34.4 Å². The molecule has 4 fully saturated rings. The van der Waals surface area contributed by atoms with Gasteiger partial charge in [0, 0.05) is 14.2 Å². The van der Waals surface area contributed by atoms with Gasteiger partial charge in [-0.15, -0.1) is 0 Å². The minimum absolute atomic E-state index is 0.0157. The second-order valence-corrected chi connectivity index (χ2v) is 26.5. The molecule has 0 bridgehead atoms. The average Bonchev–Trinajstić information content (AvgIpc) is 4.21. The lowest BCUT2D eigenvalue weighted by atomic mass is 10.0. The number of carbonyl (C=O) groups is 2. The summed E-state index contributed by atoms with van der Waals surface area (Å²) in [7, 11) is -14.6. The lowest BCUT2D eigenvalue weighted by Crippen LogP contribution is -2.42. The van der Waals surface area contributed by atoms with Crippen LogP contribution in [-0.2, 0) is 71.1 Å². The first-order chi connectivity index (χ1) is 35.2. The molecule has 6 atom stereocenters. The number of rotatable bonds is 14. The molecule has 28 heteroatoms. The van der Waals surface area contributed by atoms with E-state index < -0.39 is 130 Å². The first kappa shape index (κ1) is 57.7. The second kappa shape index (κ2) is 20.8. The van der Waals surface area contributed by atoms with Crippen molar-refractivity contribution in [3.05, 3.63) is 96.1 Å². The van der Waals surface area contributed by atoms with Crippen LogP contribution in [0.3, 0.4) is 0 Å². The molecule has 0 unspecified atom stereocenters. The number of hydrogen-bond acceptors (Lipinski definition) is 14. The van der Waals surface area contributed by atoms with Crippen molar-refractivity contribution in [2.45, 2.75) is 117 Å². The monoisotopic (exact) mass is 1140 g/mol. The molecule has 2 amide bonds. The third-order valence-electron chi connectivity index (χ3n) is 13.9. The number of nitrogens with one attached hydrogen (secondary N) is 2. The predicted molar refractivity (Wildman–Crippen MR) is 257 cm³/mol. The van der Waals surface area contributed by atoms with Crippen molar-refractivity contribution in [1.29, 1.82) is 10.5 Å². The zero-order valence-electron chi connectivity index (χ0n) is 40.1. The van der Waals surface area contributed by atoms with E-state index in [1.165, 1.54) is 50.6 Å². The van der Waals surface area contributed by atoms with Crippen LogP contribution in [0.15, 0.2) is 105 Å². The van der Waals surface area contributed by atoms with Crippen LogP contribution in [0.2, 0.25) is 0 Å². The van der Waals surface area contributed by atoms with E-state index in [2.05, 4.69) is 10.6 Å². The number of hydrogen-bond donors (Lipinski definition) is 4. The highest BCUT2D eigenvalue weighted by Crippen LogP contribution is 2.45. The van der Waals surface area contributed by atoms with Crippen LogP contribution in [0.4, 0.5) is 26.3 Å². The zero-order valence-corrected chi connectivity index (χ0v) is 43.3. The van der Waals surface area contributed by atoms with Crippen LogP contribution >= 0.6 is 0 Å². The number of primary sulfonamides is 2. The molecule has 0 radical (unpaired) electrons. The summed E-state index contributed by atoms with van der Waals surface area (Å²) in [5.74, 6) is -3.03. The minimum atomic E-state index is -5.03. The van der Waals surface area contributed by atoms with Gasteiger partial charge in [-0.05, 0) is 122 Å². The van der Waals surface area contributed by atoms with Gasteiger partial charge < -0.3 is 20.1 Å². The Morgan fingerprint density at radius 3 is 1.09 bits per heavy atom. The average molecular weight is 1140 g/mol. The normalized spacial score (nSPS) is 23.0. The number of benzene rings is 4. The van der Waals surface area contributed by atoms with Crippen LogP contribution in [0, 0.1) is 34.5 Å². The standard InChI is InChI=1S/2C24H24F3N3O6S2/c2*1-36-20-12-17(11-18(20)22(31)30-23(13-28)8-9-23)37(32,33)21-7-4-15(10-19(21)24(25,26)27)14-2-5-16(6-3-14)38(29,34)35/h2*2-7,10,17-18,20H,8-9,11-12H2,1H3,(H,30,31)(H2,29,34,35)/t2*17-,18-,20-/m10/s1. The van der Waals surface area contributed by atoms with Gasteiger partial charge in [0.25, 0.3) is 0 Å². The molecule has 4 saturated carbocycles. The van der Waals surface area contributed by atoms with Crippen molar-refractivity contribution in [2.75, 3.05) is 14.2 Å². The SMILES string of the molecule is CO[C@@H]1C[C@H](S(=O)(=O)c2ccc(-c3ccc(S(N)(=O)=O)cc3)cc2C(F)(F)F)C[C@H]1C(=O)NC1(C#N)CC1.CO[C@H]1C[C@@H](S(=O)(=O)c2ccc(-c3ccc(S(N)(=O)=O)cc3)cc2C(F)(F)F)C[C@@H]1C(=O)NC1(C#N)CC1.